The van der Waals surface area contributed by atoms with E-state index in [0.29, 0.717) is 6.42 Å². The first-order valence-corrected chi connectivity index (χ1v) is 3.52. The third-order valence-electron chi connectivity index (χ3n) is 1.27. The molecule has 11 heavy (non-hydrogen) atoms. The summed E-state index contributed by atoms with van der Waals surface area (Å²) >= 11 is 0. The first-order valence-electron chi connectivity index (χ1n) is 3.52. The van der Waals surface area contributed by atoms with Crippen molar-refractivity contribution in [2.24, 2.45) is 4.99 Å². The third kappa shape index (κ3) is 5.33. The highest BCUT2D eigenvalue weighted by molar-refractivity contribution is 5.66. The van der Waals surface area contributed by atoms with E-state index in [1.54, 1.807) is 19.2 Å². The van der Waals surface area contributed by atoms with Crippen molar-refractivity contribution in [1.29, 1.82) is 0 Å². The van der Waals surface area contributed by atoms with Crippen molar-refractivity contribution in [2.45, 2.75) is 25.8 Å². The smallest absolute Gasteiger partial charge is 0.303 e. The first kappa shape index (κ1) is 9.88. The summed E-state index contributed by atoms with van der Waals surface area (Å²) in [4.78, 5) is 14.1. The van der Waals surface area contributed by atoms with Crippen molar-refractivity contribution in [3.8, 4) is 0 Å². The van der Waals surface area contributed by atoms with E-state index >= 15 is 0 Å². The molecule has 0 amide bonds. The minimum atomic E-state index is -0.789. The number of hydrogen-bond donors (Lipinski definition) is 1. The fraction of sp³-hybridized carbons (Fsp3) is 0.500. The molecule has 0 aromatic rings. The number of aliphatic carboxylic acids is 1. The van der Waals surface area contributed by atoms with Gasteiger partial charge in [0.05, 0.1) is 6.04 Å². The Bertz CT molecular complexity index is 163. The van der Waals surface area contributed by atoms with Gasteiger partial charge in [-0.2, -0.15) is 0 Å². The molecule has 0 aromatic carbocycles. The monoisotopic (exact) mass is 155 g/mol. The van der Waals surface area contributed by atoms with E-state index in [1.165, 1.54) is 0 Å². The Morgan fingerprint density at radius 3 is 2.82 bits per heavy atom. The molecule has 0 heterocycles. The van der Waals surface area contributed by atoms with Crippen LogP contribution in [0.5, 0.6) is 0 Å². The van der Waals surface area contributed by atoms with Crippen LogP contribution >= 0.6 is 0 Å². The highest BCUT2D eigenvalue weighted by Gasteiger charge is 2.03. The first-order chi connectivity index (χ1) is 5.20. The van der Waals surface area contributed by atoms with Gasteiger partial charge in [0.1, 0.15) is 0 Å². The lowest BCUT2D eigenvalue weighted by Crippen LogP contribution is -2.04. The van der Waals surface area contributed by atoms with E-state index in [9.17, 15) is 4.79 Å². The topological polar surface area (TPSA) is 49.7 Å². The second-order valence-electron chi connectivity index (χ2n) is 2.14. The summed E-state index contributed by atoms with van der Waals surface area (Å²) in [6.07, 6.45) is 3.99. The Morgan fingerprint density at radius 1 is 1.82 bits per heavy atom. The van der Waals surface area contributed by atoms with Crippen LogP contribution in [0.15, 0.2) is 17.6 Å². The Hall–Kier alpha value is -1.12. The fourth-order valence-corrected chi connectivity index (χ4v) is 0.716. The number of carbonyl (C=O) groups is 1. The van der Waals surface area contributed by atoms with E-state index in [1.807, 2.05) is 0 Å². The predicted octanol–water partition coefficient (Wildman–Crippen LogP) is 1.50. The van der Waals surface area contributed by atoms with Crippen LogP contribution in [0.2, 0.25) is 0 Å². The molecular weight excluding hydrogens is 142 g/mol. The quantitative estimate of drug-likeness (QED) is 0.483. The summed E-state index contributed by atoms with van der Waals surface area (Å²) in [5.41, 5.74) is 0. The molecule has 0 saturated heterocycles. The number of nitrogens with zero attached hydrogens (tertiary/aromatic N) is 1. The van der Waals surface area contributed by atoms with Crippen LogP contribution in [0.25, 0.3) is 0 Å². The maximum Gasteiger partial charge on any atom is 0.303 e. The summed E-state index contributed by atoms with van der Waals surface area (Å²) in [7, 11) is 0. The molecule has 0 rings (SSSR count). The molecule has 0 spiro atoms. The molecule has 0 aromatic heterocycles. The van der Waals surface area contributed by atoms with Crippen molar-refractivity contribution in [3.63, 3.8) is 0 Å². The molecule has 0 fully saturated rings. The molecule has 0 saturated carbocycles. The zero-order valence-corrected chi connectivity index (χ0v) is 6.66. The standard InChI is InChI=1S/C8H13NO2/c1-3-7(9-4-2)5-6-8(10)11/h3-4,7H,1,5-6H2,2H3,(H,10,11)/b9-4+. The largest absolute Gasteiger partial charge is 0.481 e. The van der Waals surface area contributed by atoms with Crippen molar-refractivity contribution < 1.29 is 9.90 Å². The van der Waals surface area contributed by atoms with Gasteiger partial charge in [0.15, 0.2) is 0 Å². The van der Waals surface area contributed by atoms with Gasteiger partial charge in [0.2, 0.25) is 0 Å². The number of carboxylic acids is 1. The second kappa shape index (κ2) is 5.65. The fourth-order valence-electron chi connectivity index (χ4n) is 0.716. The lowest BCUT2D eigenvalue weighted by Gasteiger charge is -2.02. The van der Waals surface area contributed by atoms with Crippen LogP contribution in [0.1, 0.15) is 19.8 Å². The van der Waals surface area contributed by atoms with Gasteiger partial charge in [-0.05, 0) is 19.6 Å². The molecule has 0 radical (unpaired) electrons. The molecule has 0 aliphatic rings. The van der Waals surface area contributed by atoms with Gasteiger partial charge >= 0.3 is 5.97 Å². The van der Waals surface area contributed by atoms with Crippen molar-refractivity contribution in [2.75, 3.05) is 0 Å². The van der Waals surface area contributed by atoms with Crippen LogP contribution in [0.3, 0.4) is 0 Å². The lowest BCUT2D eigenvalue weighted by molar-refractivity contribution is -0.137. The maximum absolute atomic E-state index is 10.1. The van der Waals surface area contributed by atoms with Crippen molar-refractivity contribution in [3.05, 3.63) is 12.7 Å². The molecule has 62 valence electrons. The molecule has 0 aliphatic heterocycles. The van der Waals surface area contributed by atoms with E-state index in [2.05, 4.69) is 11.6 Å². The maximum atomic E-state index is 10.1. The van der Waals surface area contributed by atoms with Gasteiger partial charge in [-0.15, -0.1) is 6.58 Å². The number of rotatable bonds is 5. The highest BCUT2D eigenvalue weighted by atomic mass is 16.4. The summed E-state index contributed by atoms with van der Waals surface area (Å²) in [5.74, 6) is -0.789. The Balaban J connectivity index is 3.69. The molecule has 0 aliphatic carbocycles. The second-order valence-corrected chi connectivity index (χ2v) is 2.14. The average Bonchev–Trinajstić information content (AvgIpc) is 1.97. The highest BCUT2D eigenvalue weighted by Crippen LogP contribution is 2.02. The van der Waals surface area contributed by atoms with Gasteiger partial charge < -0.3 is 5.11 Å². The summed E-state index contributed by atoms with van der Waals surface area (Å²) in [6, 6.07) is -0.0453. The van der Waals surface area contributed by atoms with Gasteiger partial charge in [0.25, 0.3) is 0 Å². The molecule has 1 N–H and O–H groups in total. The van der Waals surface area contributed by atoms with E-state index < -0.39 is 5.97 Å². The molecule has 0 bridgehead atoms. The van der Waals surface area contributed by atoms with Crippen molar-refractivity contribution in [1.82, 2.24) is 0 Å². The normalized spacial score (nSPS) is 13.2. The molecule has 3 nitrogen and oxygen atoms in total. The van der Waals surface area contributed by atoms with Gasteiger partial charge in [-0.25, -0.2) is 0 Å². The molecular formula is C8H13NO2. The van der Waals surface area contributed by atoms with Gasteiger partial charge in [-0.1, -0.05) is 6.08 Å². The molecule has 1 unspecified atom stereocenters. The van der Waals surface area contributed by atoms with E-state index in [0.717, 1.165) is 0 Å². The van der Waals surface area contributed by atoms with Crippen LogP contribution in [-0.4, -0.2) is 23.3 Å². The lowest BCUT2D eigenvalue weighted by atomic mass is 10.1. The molecule has 3 heteroatoms. The SMILES string of the molecule is C=CC(CCC(=O)O)/N=C/C. The number of aliphatic imine (C=N–C) groups is 1. The number of carboxylic acid groups (broad SMARTS) is 1. The Kier molecular flexibility index (Phi) is 5.07. The van der Waals surface area contributed by atoms with E-state index in [-0.39, 0.29) is 12.5 Å². The minimum absolute atomic E-state index is 0.0453. The van der Waals surface area contributed by atoms with Crippen LogP contribution in [0, 0.1) is 0 Å². The summed E-state index contributed by atoms with van der Waals surface area (Å²) < 4.78 is 0. The molecule has 1 atom stereocenters. The zero-order valence-electron chi connectivity index (χ0n) is 6.66. The average molecular weight is 155 g/mol. The summed E-state index contributed by atoms with van der Waals surface area (Å²) in [6.45, 7) is 5.35. The van der Waals surface area contributed by atoms with Crippen molar-refractivity contribution >= 4 is 12.2 Å². The third-order valence-corrected chi connectivity index (χ3v) is 1.27. The van der Waals surface area contributed by atoms with Crippen LogP contribution < -0.4 is 0 Å². The summed E-state index contributed by atoms with van der Waals surface area (Å²) in [5, 5.41) is 8.34. The predicted molar refractivity (Wildman–Crippen MR) is 45.0 cm³/mol. The van der Waals surface area contributed by atoms with Crippen LogP contribution in [-0.2, 0) is 4.79 Å². The van der Waals surface area contributed by atoms with Gasteiger partial charge in [0, 0.05) is 6.42 Å². The number of hydrogen-bond acceptors (Lipinski definition) is 2. The Labute approximate surface area is 66.5 Å². The van der Waals surface area contributed by atoms with Crippen LogP contribution in [0.4, 0.5) is 0 Å². The van der Waals surface area contributed by atoms with Gasteiger partial charge in [-0.3, -0.25) is 9.79 Å². The Morgan fingerprint density at radius 2 is 2.45 bits per heavy atom. The van der Waals surface area contributed by atoms with E-state index in [4.69, 9.17) is 5.11 Å². The zero-order chi connectivity index (χ0) is 8.69. The minimum Gasteiger partial charge on any atom is -0.481 e.